The molecule has 6 nitrogen and oxygen atoms in total. The van der Waals surface area contributed by atoms with Crippen molar-refractivity contribution < 1.29 is 19.1 Å². The molecule has 2 aliphatic rings. The van der Waals surface area contributed by atoms with Crippen LogP contribution in [0.5, 0.6) is 5.75 Å². The highest BCUT2D eigenvalue weighted by atomic mass is 16.5. The number of Topliss-reactive ketones (excluding diaryl/α,β-unsaturated/α-hetero) is 1. The maximum atomic E-state index is 12.5. The first kappa shape index (κ1) is 16.3. The number of nitrogens with one attached hydrogen (secondary N) is 2. The van der Waals surface area contributed by atoms with Crippen molar-refractivity contribution in [3.05, 3.63) is 59.7 Å². The van der Waals surface area contributed by atoms with E-state index < -0.39 is 6.04 Å². The van der Waals surface area contributed by atoms with Crippen LogP contribution in [0.3, 0.4) is 0 Å². The highest BCUT2D eigenvalue weighted by molar-refractivity contribution is 6.07. The summed E-state index contributed by atoms with van der Waals surface area (Å²) in [7, 11) is 0. The number of fused-ring (bicyclic) bond motifs is 1. The number of carbonyl (C=O) groups excluding carboxylic acids is 3. The molecule has 1 heterocycles. The van der Waals surface area contributed by atoms with Gasteiger partial charge in [-0.2, -0.15) is 0 Å². The number of hydrogen-bond donors (Lipinski definition) is 2. The Morgan fingerprint density at radius 2 is 1.85 bits per heavy atom. The molecule has 1 atom stereocenters. The normalized spacial score (nSPS) is 18.5. The van der Waals surface area contributed by atoms with Crippen LogP contribution < -0.4 is 15.4 Å². The lowest BCUT2D eigenvalue weighted by Crippen LogP contribution is -2.47. The standard InChI is InChI=1S/C20H18N2O4/c23-18-15-6-1-2-7-17(15)26-11-16(18)22-20(25)13-4-3-5-14(10-13)21-19(24)12-8-9-12/h1-7,10,12,16H,8-9,11H2,(H,21,24)(H,22,25). The van der Waals surface area contributed by atoms with Gasteiger partial charge in [-0.15, -0.1) is 0 Å². The SMILES string of the molecule is O=C(NC1COc2ccccc2C1=O)c1cccc(NC(=O)C2CC2)c1. The van der Waals surface area contributed by atoms with E-state index in [2.05, 4.69) is 10.6 Å². The monoisotopic (exact) mass is 350 g/mol. The number of rotatable bonds is 4. The third kappa shape index (κ3) is 3.31. The lowest BCUT2D eigenvalue weighted by Gasteiger charge is -2.24. The predicted octanol–water partition coefficient (Wildman–Crippen LogP) is 2.41. The van der Waals surface area contributed by atoms with E-state index in [0.29, 0.717) is 22.6 Å². The summed E-state index contributed by atoms with van der Waals surface area (Å²) in [5.74, 6) is 0.0552. The molecule has 0 radical (unpaired) electrons. The Bertz CT molecular complexity index is 889. The molecule has 2 aromatic rings. The van der Waals surface area contributed by atoms with E-state index in [-0.39, 0.29) is 30.1 Å². The smallest absolute Gasteiger partial charge is 0.252 e. The van der Waals surface area contributed by atoms with Crippen LogP contribution in [-0.4, -0.2) is 30.2 Å². The minimum absolute atomic E-state index is 0.0185. The van der Waals surface area contributed by atoms with E-state index in [1.807, 2.05) is 0 Å². The van der Waals surface area contributed by atoms with Gasteiger partial charge in [0.15, 0.2) is 5.78 Å². The molecule has 6 heteroatoms. The first-order valence-electron chi connectivity index (χ1n) is 8.59. The summed E-state index contributed by atoms with van der Waals surface area (Å²) in [6, 6.07) is 12.9. The highest BCUT2D eigenvalue weighted by Crippen LogP contribution is 2.30. The van der Waals surface area contributed by atoms with Gasteiger partial charge in [-0.25, -0.2) is 0 Å². The third-order valence-electron chi connectivity index (χ3n) is 4.52. The number of carbonyl (C=O) groups is 3. The molecular weight excluding hydrogens is 332 g/mol. The largest absolute Gasteiger partial charge is 0.490 e. The number of amides is 2. The third-order valence-corrected chi connectivity index (χ3v) is 4.52. The molecule has 26 heavy (non-hydrogen) atoms. The average Bonchev–Trinajstić information content (AvgIpc) is 3.50. The molecule has 0 aromatic heterocycles. The molecule has 1 saturated carbocycles. The van der Waals surface area contributed by atoms with Gasteiger partial charge >= 0.3 is 0 Å². The van der Waals surface area contributed by atoms with Crippen molar-refractivity contribution in [1.29, 1.82) is 0 Å². The summed E-state index contributed by atoms with van der Waals surface area (Å²) in [4.78, 5) is 36.9. The van der Waals surface area contributed by atoms with Gasteiger partial charge < -0.3 is 15.4 Å². The number of ether oxygens (including phenoxy) is 1. The van der Waals surface area contributed by atoms with Gasteiger partial charge in [0, 0.05) is 17.2 Å². The van der Waals surface area contributed by atoms with Crippen LogP contribution in [0, 0.1) is 5.92 Å². The average molecular weight is 350 g/mol. The van der Waals surface area contributed by atoms with Crippen LogP contribution in [0.1, 0.15) is 33.6 Å². The predicted molar refractivity (Wildman–Crippen MR) is 95.3 cm³/mol. The molecule has 2 amide bonds. The van der Waals surface area contributed by atoms with E-state index in [9.17, 15) is 14.4 Å². The molecule has 132 valence electrons. The molecular formula is C20H18N2O4. The van der Waals surface area contributed by atoms with E-state index in [1.165, 1.54) is 0 Å². The van der Waals surface area contributed by atoms with Crippen molar-refractivity contribution in [1.82, 2.24) is 5.32 Å². The van der Waals surface area contributed by atoms with Gasteiger partial charge in [0.25, 0.3) is 5.91 Å². The van der Waals surface area contributed by atoms with Crippen molar-refractivity contribution in [2.75, 3.05) is 11.9 Å². The lowest BCUT2D eigenvalue weighted by molar-refractivity contribution is -0.117. The first-order chi connectivity index (χ1) is 12.6. The van der Waals surface area contributed by atoms with Crippen LogP contribution in [0.25, 0.3) is 0 Å². The quantitative estimate of drug-likeness (QED) is 0.887. The van der Waals surface area contributed by atoms with Crippen LogP contribution >= 0.6 is 0 Å². The fraction of sp³-hybridized carbons (Fsp3) is 0.250. The lowest BCUT2D eigenvalue weighted by atomic mass is 10.0. The van der Waals surface area contributed by atoms with E-state index in [1.54, 1.807) is 48.5 Å². The Morgan fingerprint density at radius 1 is 1.04 bits per heavy atom. The van der Waals surface area contributed by atoms with Gasteiger partial charge in [-0.3, -0.25) is 14.4 Å². The number of hydrogen-bond acceptors (Lipinski definition) is 4. The molecule has 0 saturated heterocycles. The highest BCUT2D eigenvalue weighted by Gasteiger charge is 2.31. The number of anilines is 1. The fourth-order valence-corrected chi connectivity index (χ4v) is 2.91. The van der Waals surface area contributed by atoms with Gasteiger partial charge in [0.2, 0.25) is 5.91 Å². The van der Waals surface area contributed by atoms with Gasteiger partial charge in [-0.1, -0.05) is 18.2 Å². The first-order valence-corrected chi connectivity index (χ1v) is 8.59. The van der Waals surface area contributed by atoms with E-state index >= 15 is 0 Å². The molecule has 0 bridgehead atoms. The molecule has 1 aliphatic carbocycles. The summed E-state index contributed by atoms with van der Waals surface area (Å²) < 4.78 is 5.56. The number of benzene rings is 2. The maximum absolute atomic E-state index is 12.5. The molecule has 4 rings (SSSR count). The van der Waals surface area contributed by atoms with Gasteiger partial charge in [0.05, 0.1) is 5.56 Å². The minimum Gasteiger partial charge on any atom is -0.490 e. The van der Waals surface area contributed by atoms with Gasteiger partial charge in [0.1, 0.15) is 18.4 Å². The Balaban J connectivity index is 1.45. The summed E-state index contributed by atoms with van der Waals surface area (Å²) in [6.07, 6.45) is 1.83. The molecule has 1 unspecified atom stereocenters. The van der Waals surface area contributed by atoms with Crippen molar-refractivity contribution in [2.24, 2.45) is 5.92 Å². The van der Waals surface area contributed by atoms with Gasteiger partial charge in [-0.05, 0) is 43.2 Å². The molecule has 0 spiro atoms. The topological polar surface area (TPSA) is 84.5 Å². The summed E-state index contributed by atoms with van der Waals surface area (Å²) >= 11 is 0. The molecule has 1 fully saturated rings. The molecule has 1 aliphatic heterocycles. The second kappa shape index (κ2) is 6.63. The van der Waals surface area contributed by atoms with E-state index in [4.69, 9.17) is 4.74 Å². The second-order valence-corrected chi connectivity index (χ2v) is 6.54. The fourth-order valence-electron chi connectivity index (χ4n) is 2.91. The van der Waals surface area contributed by atoms with E-state index in [0.717, 1.165) is 12.8 Å². The number of ketones is 1. The maximum Gasteiger partial charge on any atom is 0.252 e. The summed E-state index contributed by atoms with van der Waals surface area (Å²) in [5.41, 5.74) is 1.42. The van der Waals surface area contributed by atoms with Crippen LogP contribution in [0.4, 0.5) is 5.69 Å². The zero-order valence-corrected chi connectivity index (χ0v) is 14.0. The van der Waals surface area contributed by atoms with Crippen molar-refractivity contribution >= 4 is 23.3 Å². The summed E-state index contributed by atoms with van der Waals surface area (Å²) in [6.45, 7) is 0.0969. The second-order valence-electron chi connectivity index (χ2n) is 6.54. The number of para-hydroxylation sites is 1. The van der Waals surface area contributed by atoms with Crippen molar-refractivity contribution in [3.63, 3.8) is 0 Å². The Kier molecular flexibility index (Phi) is 4.16. The Morgan fingerprint density at radius 3 is 2.65 bits per heavy atom. The van der Waals surface area contributed by atoms with Crippen LogP contribution in [-0.2, 0) is 4.79 Å². The zero-order chi connectivity index (χ0) is 18.1. The van der Waals surface area contributed by atoms with Crippen molar-refractivity contribution in [3.8, 4) is 5.75 Å². The van der Waals surface area contributed by atoms with Crippen LogP contribution in [0.2, 0.25) is 0 Å². The Labute approximate surface area is 150 Å². The zero-order valence-electron chi connectivity index (χ0n) is 14.0. The van der Waals surface area contributed by atoms with Crippen molar-refractivity contribution in [2.45, 2.75) is 18.9 Å². The molecule has 2 N–H and O–H groups in total. The molecule has 2 aromatic carbocycles. The summed E-state index contributed by atoms with van der Waals surface area (Å²) in [5, 5.41) is 5.53. The van der Waals surface area contributed by atoms with Crippen LogP contribution in [0.15, 0.2) is 48.5 Å². The Hall–Kier alpha value is -3.15. The minimum atomic E-state index is -0.734.